The summed E-state index contributed by atoms with van der Waals surface area (Å²) < 4.78 is 42.1. The number of aryl methyl sites for hydroxylation is 1. The summed E-state index contributed by atoms with van der Waals surface area (Å²) in [5, 5.41) is 16.4. The fourth-order valence-electron chi connectivity index (χ4n) is 3.71. The predicted molar refractivity (Wildman–Crippen MR) is 127 cm³/mol. The fourth-order valence-corrected chi connectivity index (χ4v) is 4.25. The van der Waals surface area contributed by atoms with Gasteiger partial charge >= 0.3 is 6.18 Å². The van der Waals surface area contributed by atoms with Crippen LogP contribution in [0.4, 0.5) is 18.9 Å². The van der Waals surface area contributed by atoms with Crippen molar-refractivity contribution >= 4 is 45.7 Å². The second kappa shape index (κ2) is 9.21. The Morgan fingerprint density at radius 1 is 1.17 bits per heavy atom. The number of aromatic nitrogens is 3. The average Bonchev–Trinajstić information content (AvgIpc) is 3.05. The molecule has 4 rings (SSSR count). The number of hydrogen-bond donors (Lipinski definition) is 1. The van der Waals surface area contributed by atoms with Gasteiger partial charge in [0.2, 0.25) is 0 Å². The van der Waals surface area contributed by atoms with Crippen LogP contribution in [0.3, 0.4) is 0 Å². The monoisotopic (exact) mass is 517 g/mol. The van der Waals surface area contributed by atoms with Crippen molar-refractivity contribution in [3.05, 3.63) is 86.3 Å². The Balaban J connectivity index is 1.74. The smallest absolute Gasteiger partial charge is 0.319 e. The van der Waals surface area contributed by atoms with Crippen LogP contribution in [-0.4, -0.2) is 20.7 Å². The van der Waals surface area contributed by atoms with Crippen molar-refractivity contribution in [3.8, 4) is 6.07 Å². The number of pyridine rings is 1. The molecule has 2 aromatic heterocycles. The lowest BCUT2D eigenvalue weighted by Gasteiger charge is -2.13. The van der Waals surface area contributed by atoms with Crippen molar-refractivity contribution in [3.63, 3.8) is 0 Å². The second-order valence-corrected chi connectivity index (χ2v) is 8.65. The third-order valence-electron chi connectivity index (χ3n) is 5.38. The summed E-state index contributed by atoms with van der Waals surface area (Å²) in [5.41, 5.74) is 1.03. The standard InChI is InChI=1S/C24H16Cl2F3N5O/c1-12-21(13(2)34(33-12)11-15-5-3-4-14(6-15)10-30)32-23(35)18-9-20(24(27,28)29)31-22-17(18)7-16(25)8-19(22)26/h3-9H,11H2,1-2H3,(H,32,35). The maximum atomic E-state index is 13.5. The van der Waals surface area contributed by atoms with E-state index in [0.717, 1.165) is 5.56 Å². The minimum atomic E-state index is -4.79. The maximum absolute atomic E-state index is 13.5. The number of hydrogen-bond acceptors (Lipinski definition) is 4. The van der Waals surface area contributed by atoms with Gasteiger partial charge in [-0.3, -0.25) is 9.48 Å². The molecule has 2 aromatic carbocycles. The molecule has 11 heteroatoms. The molecule has 0 unspecified atom stereocenters. The third kappa shape index (κ3) is 4.94. The first-order valence-corrected chi connectivity index (χ1v) is 10.9. The highest BCUT2D eigenvalue weighted by molar-refractivity contribution is 6.39. The lowest BCUT2D eigenvalue weighted by atomic mass is 10.1. The van der Waals surface area contributed by atoms with Gasteiger partial charge in [0.15, 0.2) is 0 Å². The Bertz CT molecular complexity index is 1520. The highest BCUT2D eigenvalue weighted by Gasteiger charge is 2.34. The molecule has 1 amide bonds. The Morgan fingerprint density at radius 3 is 2.60 bits per heavy atom. The number of halogens is 5. The Kier molecular flexibility index (Phi) is 6.45. The molecule has 0 atom stereocenters. The molecule has 35 heavy (non-hydrogen) atoms. The van der Waals surface area contributed by atoms with Gasteiger partial charge in [-0.1, -0.05) is 35.3 Å². The highest BCUT2D eigenvalue weighted by atomic mass is 35.5. The normalized spacial score (nSPS) is 11.5. The topological polar surface area (TPSA) is 83.6 Å². The van der Waals surface area contributed by atoms with Crippen LogP contribution < -0.4 is 5.32 Å². The number of amides is 1. The van der Waals surface area contributed by atoms with E-state index < -0.39 is 17.8 Å². The zero-order valence-electron chi connectivity index (χ0n) is 18.3. The van der Waals surface area contributed by atoms with Crippen LogP contribution in [0.5, 0.6) is 0 Å². The first kappa shape index (κ1) is 24.5. The van der Waals surface area contributed by atoms with Gasteiger partial charge in [0.1, 0.15) is 5.69 Å². The van der Waals surface area contributed by atoms with Gasteiger partial charge in [0.05, 0.1) is 51.4 Å². The van der Waals surface area contributed by atoms with E-state index in [-0.39, 0.29) is 26.5 Å². The third-order valence-corrected chi connectivity index (χ3v) is 5.88. The average molecular weight is 518 g/mol. The number of fused-ring (bicyclic) bond motifs is 1. The van der Waals surface area contributed by atoms with Crippen molar-refractivity contribution in [2.75, 3.05) is 5.32 Å². The molecule has 0 fully saturated rings. The molecule has 0 radical (unpaired) electrons. The van der Waals surface area contributed by atoms with Crippen molar-refractivity contribution < 1.29 is 18.0 Å². The molecule has 0 aliphatic rings. The fraction of sp³-hybridized carbons (Fsp3) is 0.167. The summed E-state index contributed by atoms with van der Waals surface area (Å²) in [6.45, 7) is 3.73. The summed E-state index contributed by atoms with van der Waals surface area (Å²) >= 11 is 12.1. The van der Waals surface area contributed by atoms with E-state index in [2.05, 4.69) is 21.5 Å². The number of nitrogens with one attached hydrogen (secondary N) is 1. The number of anilines is 1. The molecule has 4 aromatic rings. The van der Waals surface area contributed by atoms with Gasteiger partial charge in [-0.2, -0.15) is 23.5 Å². The zero-order chi connectivity index (χ0) is 25.5. The molecule has 0 spiro atoms. The molecule has 6 nitrogen and oxygen atoms in total. The molecule has 0 saturated carbocycles. The number of nitrogens with zero attached hydrogens (tertiary/aromatic N) is 4. The Morgan fingerprint density at radius 2 is 1.91 bits per heavy atom. The summed E-state index contributed by atoms with van der Waals surface area (Å²) in [7, 11) is 0. The van der Waals surface area contributed by atoms with Gasteiger partial charge in [0.25, 0.3) is 5.91 Å². The quantitative estimate of drug-likeness (QED) is 0.332. The molecule has 0 aliphatic heterocycles. The van der Waals surface area contributed by atoms with E-state index in [1.807, 2.05) is 6.07 Å². The lowest BCUT2D eigenvalue weighted by molar-refractivity contribution is -0.140. The Labute approximate surface area is 207 Å². The van der Waals surface area contributed by atoms with Gasteiger partial charge in [-0.15, -0.1) is 0 Å². The van der Waals surface area contributed by atoms with E-state index in [4.69, 9.17) is 28.5 Å². The van der Waals surface area contributed by atoms with Gasteiger partial charge < -0.3 is 5.32 Å². The number of alkyl halides is 3. The highest BCUT2D eigenvalue weighted by Crippen LogP contribution is 2.35. The molecule has 178 valence electrons. The van der Waals surface area contributed by atoms with Gasteiger partial charge in [0, 0.05) is 10.4 Å². The summed E-state index contributed by atoms with van der Waals surface area (Å²) in [6.07, 6.45) is -4.79. The summed E-state index contributed by atoms with van der Waals surface area (Å²) in [5.74, 6) is -0.793. The van der Waals surface area contributed by atoms with E-state index in [9.17, 15) is 18.0 Å². The Hall–Kier alpha value is -3.61. The van der Waals surface area contributed by atoms with Crippen molar-refractivity contribution in [1.29, 1.82) is 5.26 Å². The zero-order valence-corrected chi connectivity index (χ0v) is 19.8. The second-order valence-electron chi connectivity index (χ2n) is 7.81. The van der Waals surface area contributed by atoms with Crippen molar-refractivity contribution in [2.45, 2.75) is 26.6 Å². The lowest BCUT2D eigenvalue weighted by Crippen LogP contribution is -2.17. The number of carbonyl (C=O) groups is 1. The van der Waals surface area contributed by atoms with E-state index in [1.54, 1.807) is 36.7 Å². The van der Waals surface area contributed by atoms with E-state index in [0.29, 0.717) is 35.2 Å². The van der Waals surface area contributed by atoms with Crippen LogP contribution in [-0.2, 0) is 12.7 Å². The molecule has 0 aliphatic carbocycles. The number of nitriles is 1. The number of rotatable bonds is 4. The van der Waals surface area contributed by atoms with Crippen LogP contribution >= 0.6 is 23.2 Å². The van der Waals surface area contributed by atoms with Crippen LogP contribution in [0.1, 0.15) is 38.6 Å². The van der Waals surface area contributed by atoms with Crippen LogP contribution in [0.2, 0.25) is 10.0 Å². The predicted octanol–water partition coefficient (Wildman–Crippen LogP) is 6.55. The molecular formula is C24H16Cl2F3N5O. The first-order chi connectivity index (χ1) is 16.5. The number of benzene rings is 2. The molecule has 0 saturated heterocycles. The largest absolute Gasteiger partial charge is 0.433 e. The van der Waals surface area contributed by atoms with Crippen molar-refractivity contribution in [1.82, 2.24) is 14.8 Å². The first-order valence-electron chi connectivity index (χ1n) is 10.2. The minimum absolute atomic E-state index is 0.0871. The van der Waals surface area contributed by atoms with Crippen LogP contribution in [0, 0.1) is 25.2 Å². The van der Waals surface area contributed by atoms with Gasteiger partial charge in [-0.05, 0) is 49.7 Å². The minimum Gasteiger partial charge on any atom is -0.319 e. The number of carbonyl (C=O) groups excluding carboxylic acids is 1. The van der Waals surface area contributed by atoms with E-state index in [1.165, 1.54) is 12.1 Å². The van der Waals surface area contributed by atoms with Gasteiger partial charge in [-0.25, -0.2) is 4.98 Å². The van der Waals surface area contributed by atoms with E-state index >= 15 is 0 Å². The summed E-state index contributed by atoms with van der Waals surface area (Å²) in [4.78, 5) is 16.8. The van der Waals surface area contributed by atoms with Crippen LogP contribution in [0.25, 0.3) is 10.9 Å². The summed E-state index contributed by atoms with van der Waals surface area (Å²) in [6, 6.07) is 12.4. The van der Waals surface area contributed by atoms with Crippen LogP contribution in [0.15, 0.2) is 42.5 Å². The molecule has 2 heterocycles. The molecular weight excluding hydrogens is 502 g/mol. The molecule has 1 N–H and O–H groups in total. The van der Waals surface area contributed by atoms with Crippen molar-refractivity contribution in [2.24, 2.45) is 0 Å². The molecule has 0 bridgehead atoms. The SMILES string of the molecule is Cc1nn(Cc2cccc(C#N)c2)c(C)c1NC(=O)c1cc(C(F)(F)F)nc2c(Cl)cc(Cl)cc12. The maximum Gasteiger partial charge on any atom is 0.433 e.